The molecule has 0 saturated carbocycles. The van der Waals surface area contributed by atoms with E-state index in [0.29, 0.717) is 19.2 Å². The normalized spacial score (nSPS) is 20.2. The molecule has 1 aliphatic heterocycles. The highest BCUT2D eigenvalue weighted by Gasteiger charge is 2.24. The lowest BCUT2D eigenvalue weighted by molar-refractivity contribution is -0.126. The van der Waals surface area contributed by atoms with E-state index in [1.54, 1.807) is 18.2 Å². The fourth-order valence-corrected chi connectivity index (χ4v) is 3.97. The fraction of sp³-hybridized carbons (Fsp3) is 0.588. The van der Waals surface area contributed by atoms with Crippen molar-refractivity contribution in [1.82, 2.24) is 15.4 Å². The standard InChI is InChI=1S/C17H27N3O4S.ClH/c1-13-10-15(6-7-18-13)17(21)19-12-14-4-3-5-16(11-14)25(22,23)20-8-9-24-2;/h3-5,11,13,15,18,20H,6-10,12H2,1-2H3,(H,19,21);1H/t13-,15-;/m0./s1. The van der Waals surface area contributed by atoms with Crippen LogP contribution in [0.2, 0.25) is 0 Å². The van der Waals surface area contributed by atoms with Crippen LogP contribution in [0, 0.1) is 5.92 Å². The minimum Gasteiger partial charge on any atom is -0.383 e. The molecular weight excluding hydrogens is 378 g/mol. The molecule has 0 radical (unpaired) electrons. The van der Waals surface area contributed by atoms with E-state index >= 15 is 0 Å². The van der Waals surface area contributed by atoms with E-state index in [2.05, 4.69) is 22.3 Å². The highest BCUT2D eigenvalue weighted by atomic mass is 35.5. The van der Waals surface area contributed by atoms with Gasteiger partial charge in [0.2, 0.25) is 15.9 Å². The van der Waals surface area contributed by atoms with Crippen molar-refractivity contribution >= 4 is 28.3 Å². The Morgan fingerprint density at radius 2 is 2.15 bits per heavy atom. The average molecular weight is 406 g/mol. The van der Waals surface area contributed by atoms with Gasteiger partial charge in [0.15, 0.2) is 0 Å². The Labute approximate surface area is 161 Å². The van der Waals surface area contributed by atoms with Gasteiger partial charge in [-0.25, -0.2) is 13.1 Å². The summed E-state index contributed by atoms with van der Waals surface area (Å²) >= 11 is 0. The van der Waals surface area contributed by atoms with E-state index in [0.717, 1.165) is 24.9 Å². The van der Waals surface area contributed by atoms with E-state index in [4.69, 9.17) is 4.74 Å². The van der Waals surface area contributed by atoms with Crippen LogP contribution in [-0.2, 0) is 26.1 Å². The first-order chi connectivity index (χ1) is 11.9. The van der Waals surface area contributed by atoms with Crippen LogP contribution in [0.15, 0.2) is 29.2 Å². The molecule has 1 aromatic rings. The lowest BCUT2D eigenvalue weighted by atomic mass is 9.92. The monoisotopic (exact) mass is 405 g/mol. The van der Waals surface area contributed by atoms with E-state index in [9.17, 15) is 13.2 Å². The molecule has 0 spiro atoms. The number of benzene rings is 1. The molecular formula is C17H28ClN3O4S. The minimum atomic E-state index is -3.57. The van der Waals surface area contributed by atoms with Crippen molar-refractivity contribution in [3.63, 3.8) is 0 Å². The molecule has 1 saturated heterocycles. The summed E-state index contributed by atoms with van der Waals surface area (Å²) in [6, 6.07) is 6.95. The predicted octanol–water partition coefficient (Wildman–Crippen LogP) is 1.04. The van der Waals surface area contributed by atoms with Crippen molar-refractivity contribution in [1.29, 1.82) is 0 Å². The summed E-state index contributed by atoms with van der Waals surface area (Å²) in [6.07, 6.45) is 1.65. The molecule has 7 nitrogen and oxygen atoms in total. The first kappa shape index (κ1) is 22.9. The number of sulfonamides is 1. The van der Waals surface area contributed by atoms with Gasteiger partial charge in [0.25, 0.3) is 0 Å². The number of piperidine rings is 1. The molecule has 2 rings (SSSR count). The first-order valence-corrected chi connectivity index (χ1v) is 9.99. The third kappa shape index (κ3) is 6.85. The molecule has 9 heteroatoms. The highest BCUT2D eigenvalue weighted by molar-refractivity contribution is 7.89. The van der Waals surface area contributed by atoms with Gasteiger partial charge in [-0.3, -0.25) is 4.79 Å². The molecule has 2 atom stereocenters. The van der Waals surface area contributed by atoms with Crippen LogP contribution in [-0.4, -0.2) is 47.2 Å². The van der Waals surface area contributed by atoms with Crippen molar-refractivity contribution in [2.75, 3.05) is 26.8 Å². The molecule has 3 N–H and O–H groups in total. The van der Waals surface area contributed by atoms with Gasteiger partial charge in [-0.05, 0) is 44.0 Å². The number of hydrogen-bond acceptors (Lipinski definition) is 5. The van der Waals surface area contributed by atoms with Gasteiger partial charge in [0.1, 0.15) is 0 Å². The number of methoxy groups -OCH3 is 1. The van der Waals surface area contributed by atoms with Crippen molar-refractivity contribution in [3.8, 4) is 0 Å². The molecule has 0 aromatic heterocycles. The molecule has 1 amide bonds. The maximum atomic E-state index is 12.3. The van der Waals surface area contributed by atoms with E-state index < -0.39 is 10.0 Å². The molecule has 0 bridgehead atoms. The maximum absolute atomic E-state index is 12.3. The topological polar surface area (TPSA) is 96.5 Å². The molecule has 0 aliphatic carbocycles. The van der Waals surface area contributed by atoms with Gasteiger partial charge < -0.3 is 15.4 Å². The van der Waals surface area contributed by atoms with Crippen molar-refractivity contribution in [2.24, 2.45) is 5.92 Å². The largest absolute Gasteiger partial charge is 0.383 e. The summed E-state index contributed by atoms with van der Waals surface area (Å²) < 4.78 is 31.8. The molecule has 26 heavy (non-hydrogen) atoms. The number of amides is 1. The van der Waals surface area contributed by atoms with Gasteiger partial charge in [0, 0.05) is 32.2 Å². The quantitative estimate of drug-likeness (QED) is 0.561. The Kier molecular flexibility index (Phi) is 9.52. The number of halogens is 1. The average Bonchev–Trinajstić information content (AvgIpc) is 2.60. The maximum Gasteiger partial charge on any atom is 0.240 e. The predicted molar refractivity (Wildman–Crippen MR) is 103 cm³/mol. The van der Waals surface area contributed by atoms with Crippen LogP contribution >= 0.6 is 12.4 Å². The molecule has 148 valence electrons. The summed E-state index contributed by atoms with van der Waals surface area (Å²) in [5.74, 6) is 0.0405. The molecule has 1 heterocycles. The Hall–Kier alpha value is -1.19. The van der Waals surface area contributed by atoms with Gasteiger partial charge in [-0.1, -0.05) is 12.1 Å². The highest BCUT2D eigenvalue weighted by Crippen LogP contribution is 2.17. The Morgan fingerprint density at radius 3 is 2.85 bits per heavy atom. The molecule has 1 aliphatic rings. The fourth-order valence-electron chi connectivity index (χ4n) is 2.89. The number of rotatable bonds is 8. The van der Waals surface area contributed by atoms with E-state index in [1.165, 1.54) is 13.2 Å². The number of carbonyl (C=O) groups excluding carboxylic acids is 1. The summed E-state index contributed by atoms with van der Waals surface area (Å²) in [4.78, 5) is 12.5. The van der Waals surface area contributed by atoms with E-state index in [-0.39, 0.29) is 35.7 Å². The van der Waals surface area contributed by atoms with Crippen LogP contribution in [0.25, 0.3) is 0 Å². The zero-order valence-corrected chi connectivity index (χ0v) is 16.8. The first-order valence-electron chi connectivity index (χ1n) is 8.51. The molecule has 1 fully saturated rings. The minimum absolute atomic E-state index is 0. The number of nitrogens with one attached hydrogen (secondary N) is 3. The van der Waals surface area contributed by atoms with Crippen molar-refractivity contribution in [2.45, 2.75) is 37.2 Å². The molecule has 0 unspecified atom stereocenters. The number of hydrogen-bond donors (Lipinski definition) is 3. The van der Waals surface area contributed by atoms with Gasteiger partial charge in [-0.2, -0.15) is 0 Å². The zero-order chi connectivity index (χ0) is 18.3. The van der Waals surface area contributed by atoms with Gasteiger partial charge in [-0.15, -0.1) is 12.4 Å². The van der Waals surface area contributed by atoms with Gasteiger partial charge in [0.05, 0.1) is 11.5 Å². The second-order valence-corrected chi connectivity index (χ2v) is 8.10. The third-order valence-corrected chi connectivity index (χ3v) is 5.73. The zero-order valence-electron chi connectivity index (χ0n) is 15.2. The Balaban J connectivity index is 0.00000338. The summed E-state index contributed by atoms with van der Waals surface area (Å²) in [6.45, 7) is 3.76. The van der Waals surface area contributed by atoms with Crippen molar-refractivity contribution in [3.05, 3.63) is 29.8 Å². The Bertz CT molecular complexity index is 684. The second-order valence-electron chi connectivity index (χ2n) is 6.33. The lowest BCUT2D eigenvalue weighted by Crippen LogP contribution is -2.42. The van der Waals surface area contributed by atoms with Crippen LogP contribution < -0.4 is 15.4 Å². The van der Waals surface area contributed by atoms with Crippen molar-refractivity contribution < 1.29 is 17.9 Å². The molecule has 1 aromatic carbocycles. The Morgan fingerprint density at radius 1 is 1.38 bits per heavy atom. The summed E-state index contributed by atoms with van der Waals surface area (Å²) in [5.41, 5.74) is 0.755. The second kappa shape index (κ2) is 10.8. The smallest absolute Gasteiger partial charge is 0.240 e. The van der Waals surface area contributed by atoms with Crippen LogP contribution in [0.5, 0.6) is 0 Å². The number of ether oxygens (including phenoxy) is 1. The third-order valence-electron chi connectivity index (χ3n) is 4.27. The van der Waals surface area contributed by atoms with Crippen LogP contribution in [0.3, 0.4) is 0 Å². The summed E-state index contributed by atoms with van der Waals surface area (Å²) in [5, 5.41) is 6.24. The van der Waals surface area contributed by atoms with Crippen LogP contribution in [0.4, 0.5) is 0 Å². The summed E-state index contributed by atoms with van der Waals surface area (Å²) in [7, 11) is -2.06. The van der Waals surface area contributed by atoms with Crippen LogP contribution in [0.1, 0.15) is 25.3 Å². The van der Waals surface area contributed by atoms with E-state index in [1.807, 2.05) is 0 Å². The number of carbonyl (C=O) groups is 1. The van der Waals surface area contributed by atoms with Gasteiger partial charge >= 0.3 is 0 Å². The SMILES string of the molecule is COCCNS(=O)(=O)c1cccc(CNC(=O)[C@H]2CCN[C@@H](C)C2)c1.Cl. The lowest BCUT2D eigenvalue weighted by Gasteiger charge is -2.27.